The van der Waals surface area contributed by atoms with Gasteiger partial charge in [0.2, 0.25) is 0 Å². The Balaban J connectivity index is 2.18. The zero-order chi connectivity index (χ0) is 15.6. The van der Waals surface area contributed by atoms with Gasteiger partial charge in [0.15, 0.2) is 0 Å². The van der Waals surface area contributed by atoms with Gasteiger partial charge in [0, 0.05) is 22.8 Å². The number of nitrogens with zero attached hydrogens (tertiary/aromatic N) is 2. The molecule has 0 bridgehead atoms. The molecule has 3 nitrogen and oxygen atoms in total. The van der Waals surface area contributed by atoms with Gasteiger partial charge in [-0.2, -0.15) is 5.10 Å². The SMILES string of the molecule is CC(C)c1ccn(-c2ccc(CNC(C)(C)C)c(Br)c2)n1. The van der Waals surface area contributed by atoms with Crippen molar-refractivity contribution >= 4 is 15.9 Å². The molecule has 0 aliphatic heterocycles. The molecule has 0 atom stereocenters. The van der Waals surface area contributed by atoms with E-state index in [4.69, 9.17) is 0 Å². The van der Waals surface area contributed by atoms with E-state index in [0.29, 0.717) is 5.92 Å². The van der Waals surface area contributed by atoms with Crippen LogP contribution in [0.1, 0.15) is 51.8 Å². The Morgan fingerprint density at radius 1 is 1.24 bits per heavy atom. The van der Waals surface area contributed by atoms with Gasteiger partial charge in [-0.3, -0.25) is 0 Å². The van der Waals surface area contributed by atoms with E-state index >= 15 is 0 Å². The van der Waals surface area contributed by atoms with Crippen LogP contribution in [0.25, 0.3) is 5.69 Å². The van der Waals surface area contributed by atoms with E-state index in [0.717, 1.165) is 22.4 Å². The van der Waals surface area contributed by atoms with E-state index in [-0.39, 0.29) is 5.54 Å². The summed E-state index contributed by atoms with van der Waals surface area (Å²) in [6.45, 7) is 11.7. The molecular weight excluding hydrogens is 326 g/mol. The maximum Gasteiger partial charge on any atom is 0.0657 e. The average molecular weight is 350 g/mol. The summed E-state index contributed by atoms with van der Waals surface area (Å²) in [5, 5.41) is 8.12. The van der Waals surface area contributed by atoms with Gasteiger partial charge >= 0.3 is 0 Å². The summed E-state index contributed by atoms with van der Waals surface area (Å²) < 4.78 is 3.04. The van der Waals surface area contributed by atoms with Crippen molar-refractivity contribution in [2.24, 2.45) is 0 Å². The highest BCUT2D eigenvalue weighted by Crippen LogP contribution is 2.22. The lowest BCUT2D eigenvalue weighted by atomic mass is 10.1. The molecular formula is C17H24BrN3. The number of nitrogens with one attached hydrogen (secondary N) is 1. The maximum absolute atomic E-state index is 4.62. The van der Waals surface area contributed by atoms with Crippen LogP contribution in [0.3, 0.4) is 0 Å². The lowest BCUT2D eigenvalue weighted by Crippen LogP contribution is -2.35. The fourth-order valence-electron chi connectivity index (χ4n) is 1.97. The minimum Gasteiger partial charge on any atom is -0.308 e. The van der Waals surface area contributed by atoms with Crippen LogP contribution in [0.4, 0.5) is 0 Å². The molecule has 0 aliphatic rings. The normalized spacial score (nSPS) is 12.1. The summed E-state index contributed by atoms with van der Waals surface area (Å²) >= 11 is 3.67. The molecule has 0 amide bonds. The Morgan fingerprint density at radius 3 is 2.48 bits per heavy atom. The molecule has 0 spiro atoms. The Hall–Kier alpha value is -1.13. The standard InChI is InChI=1S/C17H24BrN3/c1-12(2)16-8-9-21(20-16)14-7-6-13(15(18)10-14)11-19-17(3,4)5/h6-10,12,19H,11H2,1-5H3. The summed E-state index contributed by atoms with van der Waals surface area (Å²) in [5.41, 5.74) is 3.56. The molecule has 0 saturated carbocycles. The largest absolute Gasteiger partial charge is 0.308 e. The van der Waals surface area contributed by atoms with E-state index in [9.17, 15) is 0 Å². The number of hydrogen-bond acceptors (Lipinski definition) is 2. The number of rotatable bonds is 4. The molecule has 0 aliphatic carbocycles. The number of benzene rings is 1. The molecule has 0 fully saturated rings. The molecule has 1 N–H and O–H groups in total. The van der Waals surface area contributed by atoms with Gasteiger partial charge in [-0.15, -0.1) is 0 Å². The van der Waals surface area contributed by atoms with Crippen molar-refractivity contribution in [2.75, 3.05) is 0 Å². The summed E-state index contributed by atoms with van der Waals surface area (Å²) in [6, 6.07) is 8.46. The third-order valence-corrected chi connectivity index (χ3v) is 4.05. The first-order valence-corrected chi connectivity index (χ1v) is 8.15. The van der Waals surface area contributed by atoms with Crippen molar-refractivity contribution in [3.8, 4) is 5.69 Å². The number of aromatic nitrogens is 2. The van der Waals surface area contributed by atoms with Crippen molar-refractivity contribution in [1.29, 1.82) is 0 Å². The van der Waals surface area contributed by atoms with Crippen LogP contribution >= 0.6 is 15.9 Å². The van der Waals surface area contributed by atoms with Crippen LogP contribution < -0.4 is 5.32 Å². The van der Waals surface area contributed by atoms with Crippen molar-refractivity contribution < 1.29 is 0 Å². The van der Waals surface area contributed by atoms with Crippen LogP contribution in [-0.4, -0.2) is 15.3 Å². The summed E-state index contributed by atoms with van der Waals surface area (Å²) in [4.78, 5) is 0. The maximum atomic E-state index is 4.62. The second-order valence-corrected chi connectivity index (χ2v) is 7.57. The van der Waals surface area contributed by atoms with Crippen LogP contribution in [0, 0.1) is 0 Å². The smallest absolute Gasteiger partial charge is 0.0657 e. The molecule has 0 radical (unpaired) electrons. The Kier molecular flexibility index (Phi) is 4.89. The van der Waals surface area contributed by atoms with Crippen molar-refractivity contribution in [3.63, 3.8) is 0 Å². The third kappa shape index (κ3) is 4.42. The minimum absolute atomic E-state index is 0.117. The second kappa shape index (κ2) is 6.32. The van der Waals surface area contributed by atoms with E-state index in [1.54, 1.807) is 0 Å². The lowest BCUT2D eigenvalue weighted by Gasteiger charge is -2.21. The van der Waals surface area contributed by atoms with Crippen LogP contribution in [0.2, 0.25) is 0 Å². The molecule has 4 heteroatoms. The third-order valence-electron chi connectivity index (χ3n) is 3.31. The molecule has 0 saturated heterocycles. The highest BCUT2D eigenvalue weighted by atomic mass is 79.9. The minimum atomic E-state index is 0.117. The second-order valence-electron chi connectivity index (χ2n) is 6.72. The van der Waals surface area contributed by atoms with E-state index in [2.05, 4.69) is 85.2 Å². The molecule has 1 aromatic carbocycles. The number of hydrogen-bond donors (Lipinski definition) is 1. The van der Waals surface area contributed by atoms with Gasteiger partial charge in [0.1, 0.15) is 0 Å². The summed E-state index contributed by atoms with van der Waals surface area (Å²) in [7, 11) is 0. The van der Waals surface area contributed by atoms with E-state index < -0.39 is 0 Å². The van der Waals surface area contributed by atoms with Crippen LogP contribution in [0.15, 0.2) is 34.9 Å². The Morgan fingerprint density at radius 2 is 1.95 bits per heavy atom. The molecule has 1 aromatic heterocycles. The van der Waals surface area contributed by atoms with Gasteiger partial charge in [0.25, 0.3) is 0 Å². The molecule has 1 heterocycles. The molecule has 0 unspecified atom stereocenters. The highest BCUT2D eigenvalue weighted by molar-refractivity contribution is 9.10. The first-order valence-electron chi connectivity index (χ1n) is 7.35. The van der Waals surface area contributed by atoms with Crippen LogP contribution in [0.5, 0.6) is 0 Å². The fourth-order valence-corrected chi connectivity index (χ4v) is 2.48. The molecule has 2 aromatic rings. The number of halogens is 1. The topological polar surface area (TPSA) is 29.9 Å². The van der Waals surface area contributed by atoms with Crippen molar-refractivity contribution in [3.05, 3.63) is 46.2 Å². The van der Waals surface area contributed by atoms with Gasteiger partial charge in [-0.1, -0.05) is 35.8 Å². The first-order chi connectivity index (χ1) is 9.76. The fraction of sp³-hybridized carbons (Fsp3) is 0.471. The molecule has 2 rings (SSSR count). The van der Waals surface area contributed by atoms with Gasteiger partial charge < -0.3 is 5.32 Å². The molecule has 21 heavy (non-hydrogen) atoms. The van der Waals surface area contributed by atoms with Gasteiger partial charge in [0.05, 0.1) is 11.4 Å². The van der Waals surface area contributed by atoms with Crippen molar-refractivity contribution in [1.82, 2.24) is 15.1 Å². The van der Waals surface area contributed by atoms with Gasteiger partial charge in [-0.05, 0) is 50.5 Å². The molecule has 114 valence electrons. The predicted octanol–water partition coefficient (Wildman–Crippen LogP) is 4.65. The zero-order valence-corrected chi connectivity index (χ0v) is 15.0. The monoisotopic (exact) mass is 349 g/mol. The average Bonchev–Trinajstić information content (AvgIpc) is 2.85. The first kappa shape index (κ1) is 16.2. The Labute approximate surface area is 135 Å². The summed E-state index contributed by atoms with van der Waals surface area (Å²) in [6.07, 6.45) is 2.02. The van der Waals surface area contributed by atoms with E-state index in [1.807, 2.05) is 10.9 Å². The zero-order valence-electron chi connectivity index (χ0n) is 13.4. The van der Waals surface area contributed by atoms with E-state index in [1.165, 1.54) is 5.56 Å². The lowest BCUT2D eigenvalue weighted by molar-refractivity contribution is 0.424. The van der Waals surface area contributed by atoms with Gasteiger partial charge in [-0.25, -0.2) is 4.68 Å². The quantitative estimate of drug-likeness (QED) is 0.870. The highest BCUT2D eigenvalue weighted by Gasteiger charge is 2.11. The van der Waals surface area contributed by atoms with Crippen molar-refractivity contribution in [2.45, 2.75) is 52.6 Å². The Bertz CT molecular complexity index is 609. The summed E-state index contributed by atoms with van der Waals surface area (Å²) in [5.74, 6) is 0.449. The predicted molar refractivity (Wildman–Crippen MR) is 91.9 cm³/mol. The van der Waals surface area contributed by atoms with Crippen LogP contribution in [-0.2, 0) is 6.54 Å².